The minimum atomic E-state index is -0.162. The minimum absolute atomic E-state index is 0.162. The number of carbonyl (C=O) groups excluding carboxylic acids is 1. The Bertz CT molecular complexity index is 167. The standard InChI is InChI=1S/C11H22O2S/c1-5-8-14-9-10(12)6-7-11(2,3)13-4/h5-9H2,1-4H3. The third-order valence-electron chi connectivity index (χ3n) is 2.17. The van der Waals surface area contributed by atoms with Crippen LogP contribution in [-0.2, 0) is 9.53 Å². The number of ether oxygens (including phenoxy) is 1. The first-order chi connectivity index (χ1) is 6.52. The smallest absolute Gasteiger partial charge is 0.142 e. The second-order valence-electron chi connectivity index (χ2n) is 4.06. The largest absolute Gasteiger partial charge is 0.379 e. The van der Waals surface area contributed by atoms with Crippen molar-refractivity contribution in [3.63, 3.8) is 0 Å². The van der Waals surface area contributed by atoms with E-state index in [1.165, 1.54) is 0 Å². The van der Waals surface area contributed by atoms with E-state index in [9.17, 15) is 4.79 Å². The van der Waals surface area contributed by atoms with Crippen molar-refractivity contribution in [2.75, 3.05) is 18.6 Å². The molecule has 0 spiro atoms. The lowest BCUT2D eigenvalue weighted by molar-refractivity contribution is -0.118. The lowest BCUT2D eigenvalue weighted by Gasteiger charge is -2.22. The number of methoxy groups -OCH3 is 1. The Kier molecular flexibility index (Phi) is 7.28. The lowest BCUT2D eigenvalue weighted by Crippen LogP contribution is -2.23. The van der Waals surface area contributed by atoms with Crippen molar-refractivity contribution in [1.82, 2.24) is 0 Å². The molecule has 0 amide bonds. The van der Waals surface area contributed by atoms with Crippen LogP contribution < -0.4 is 0 Å². The van der Waals surface area contributed by atoms with Gasteiger partial charge in [0.1, 0.15) is 5.78 Å². The summed E-state index contributed by atoms with van der Waals surface area (Å²) >= 11 is 1.73. The number of rotatable bonds is 8. The third-order valence-corrected chi connectivity index (χ3v) is 3.39. The average Bonchev–Trinajstić information content (AvgIpc) is 2.16. The van der Waals surface area contributed by atoms with Crippen LogP contribution in [0.15, 0.2) is 0 Å². The van der Waals surface area contributed by atoms with E-state index in [2.05, 4.69) is 6.92 Å². The van der Waals surface area contributed by atoms with E-state index in [-0.39, 0.29) is 5.60 Å². The number of carbonyl (C=O) groups is 1. The van der Waals surface area contributed by atoms with Gasteiger partial charge in [-0.15, -0.1) is 0 Å². The predicted octanol–water partition coefficient (Wildman–Crippen LogP) is 2.90. The van der Waals surface area contributed by atoms with Crippen molar-refractivity contribution in [3.8, 4) is 0 Å². The van der Waals surface area contributed by atoms with Gasteiger partial charge in [-0.1, -0.05) is 6.92 Å². The van der Waals surface area contributed by atoms with Crippen LogP contribution in [0, 0.1) is 0 Å². The molecule has 0 saturated carbocycles. The maximum Gasteiger partial charge on any atom is 0.142 e. The summed E-state index contributed by atoms with van der Waals surface area (Å²) < 4.78 is 5.25. The first-order valence-electron chi connectivity index (χ1n) is 5.16. The van der Waals surface area contributed by atoms with Crippen LogP contribution in [0.2, 0.25) is 0 Å². The Morgan fingerprint density at radius 1 is 1.43 bits per heavy atom. The van der Waals surface area contributed by atoms with Gasteiger partial charge in [0.05, 0.1) is 11.4 Å². The quantitative estimate of drug-likeness (QED) is 0.586. The predicted molar refractivity (Wildman–Crippen MR) is 62.9 cm³/mol. The van der Waals surface area contributed by atoms with Gasteiger partial charge in [0.15, 0.2) is 0 Å². The van der Waals surface area contributed by atoms with Gasteiger partial charge in [-0.3, -0.25) is 4.79 Å². The first kappa shape index (κ1) is 14.0. The molecule has 0 radical (unpaired) electrons. The van der Waals surface area contributed by atoms with Crippen molar-refractivity contribution in [2.24, 2.45) is 0 Å². The Morgan fingerprint density at radius 2 is 2.07 bits per heavy atom. The van der Waals surface area contributed by atoms with E-state index >= 15 is 0 Å². The van der Waals surface area contributed by atoms with Crippen molar-refractivity contribution in [1.29, 1.82) is 0 Å². The van der Waals surface area contributed by atoms with Crippen LogP contribution in [0.25, 0.3) is 0 Å². The summed E-state index contributed by atoms with van der Waals surface area (Å²) in [5, 5.41) is 0. The maximum absolute atomic E-state index is 11.4. The van der Waals surface area contributed by atoms with Crippen LogP contribution in [-0.4, -0.2) is 30.0 Å². The molecule has 84 valence electrons. The molecule has 0 fully saturated rings. The molecule has 0 atom stereocenters. The van der Waals surface area contributed by atoms with Gasteiger partial charge in [-0.25, -0.2) is 0 Å². The van der Waals surface area contributed by atoms with Crippen LogP contribution in [0.4, 0.5) is 0 Å². The fourth-order valence-electron chi connectivity index (χ4n) is 0.945. The summed E-state index contributed by atoms with van der Waals surface area (Å²) in [7, 11) is 1.69. The number of hydrogen-bond acceptors (Lipinski definition) is 3. The van der Waals surface area contributed by atoms with Gasteiger partial charge in [-0.2, -0.15) is 11.8 Å². The Hall–Kier alpha value is -0.0200. The molecule has 0 unspecified atom stereocenters. The van der Waals surface area contributed by atoms with Gasteiger partial charge in [0.25, 0.3) is 0 Å². The van der Waals surface area contributed by atoms with E-state index in [1.54, 1.807) is 18.9 Å². The van der Waals surface area contributed by atoms with Gasteiger partial charge in [0.2, 0.25) is 0 Å². The molecule has 0 aliphatic heterocycles. The van der Waals surface area contributed by atoms with E-state index in [0.29, 0.717) is 18.0 Å². The van der Waals surface area contributed by atoms with Gasteiger partial charge in [0, 0.05) is 13.5 Å². The second kappa shape index (κ2) is 7.30. The zero-order chi connectivity index (χ0) is 11.0. The fourth-order valence-corrected chi connectivity index (χ4v) is 1.75. The first-order valence-corrected chi connectivity index (χ1v) is 6.32. The summed E-state index contributed by atoms with van der Waals surface area (Å²) in [6, 6.07) is 0. The van der Waals surface area contributed by atoms with Crippen molar-refractivity contribution < 1.29 is 9.53 Å². The molecular formula is C11H22O2S. The van der Waals surface area contributed by atoms with Crippen LogP contribution in [0.5, 0.6) is 0 Å². The van der Waals surface area contributed by atoms with Crippen LogP contribution in [0.1, 0.15) is 40.0 Å². The summed E-state index contributed by atoms with van der Waals surface area (Å²) in [5.74, 6) is 2.08. The van der Waals surface area contributed by atoms with E-state index in [4.69, 9.17) is 4.74 Å². The summed E-state index contributed by atoms with van der Waals surface area (Å²) in [5.41, 5.74) is -0.162. The molecule has 14 heavy (non-hydrogen) atoms. The highest BCUT2D eigenvalue weighted by atomic mass is 32.2. The van der Waals surface area contributed by atoms with Crippen molar-refractivity contribution in [2.45, 2.75) is 45.6 Å². The topological polar surface area (TPSA) is 26.3 Å². The molecule has 0 aromatic rings. The number of hydrogen-bond donors (Lipinski definition) is 0. The normalized spacial score (nSPS) is 11.7. The molecule has 0 aromatic heterocycles. The van der Waals surface area contributed by atoms with Gasteiger partial charge < -0.3 is 4.74 Å². The SMILES string of the molecule is CCCSCC(=O)CCC(C)(C)OC. The van der Waals surface area contributed by atoms with E-state index < -0.39 is 0 Å². The molecule has 0 aliphatic carbocycles. The monoisotopic (exact) mass is 218 g/mol. The lowest BCUT2D eigenvalue weighted by atomic mass is 10.0. The number of thioether (sulfide) groups is 1. The van der Waals surface area contributed by atoms with Gasteiger partial charge >= 0.3 is 0 Å². The molecule has 3 heteroatoms. The Balaban J connectivity index is 3.53. The Morgan fingerprint density at radius 3 is 2.57 bits per heavy atom. The fraction of sp³-hybridized carbons (Fsp3) is 0.909. The average molecular weight is 218 g/mol. The van der Waals surface area contributed by atoms with E-state index in [1.807, 2.05) is 13.8 Å². The number of ketones is 1. The molecule has 0 heterocycles. The van der Waals surface area contributed by atoms with Gasteiger partial charge in [-0.05, 0) is 32.4 Å². The minimum Gasteiger partial charge on any atom is -0.379 e. The second-order valence-corrected chi connectivity index (χ2v) is 5.16. The molecule has 0 aliphatic rings. The molecule has 0 aromatic carbocycles. The summed E-state index contributed by atoms with van der Waals surface area (Å²) in [6.07, 6.45) is 2.59. The highest BCUT2D eigenvalue weighted by Gasteiger charge is 2.17. The zero-order valence-corrected chi connectivity index (χ0v) is 10.6. The molecule has 2 nitrogen and oxygen atoms in total. The molecule has 0 rings (SSSR count). The maximum atomic E-state index is 11.4. The van der Waals surface area contributed by atoms with E-state index in [0.717, 1.165) is 18.6 Å². The highest BCUT2D eigenvalue weighted by Crippen LogP contribution is 2.16. The summed E-state index contributed by atoms with van der Waals surface area (Å²) in [6.45, 7) is 6.16. The molecule has 0 saturated heterocycles. The van der Waals surface area contributed by atoms with Crippen LogP contribution >= 0.6 is 11.8 Å². The number of Topliss-reactive ketones (excluding diaryl/α,β-unsaturated/α-hetero) is 1. The zero-order valence-electron chi connectivity index (χ0n) is 9.76. The highest BCUT2D eigenvalue weighted by molar-refractivity contribution is 7.99. The van der Waals surface area contributed by atoms with Crippen molar-refractivity contribution in [3.05, 3.63) is 0 Å². The third kappa shape index (κ3) is 7.39. The van der Waals surface area contributed by atoms with Crippen molar-refractivity contribution >= 4 is 17.5 Å². The molecular weight excluding hydrogens is 196 g/mol. The molecule has 0 N–H and O–H groups in total. The van der Waals surface area contributed by atoms with Crippen LogP contribution in [0.3, 0.4) is 0 Å². The summed E-state index contributed by atoms with van der Waals surface area (Å²) in [4.78, 5) is 11.4. The Labute approximate surface area is 91.8 Å². The molecule has 0 bridgehead atoms.